The van der Waals surface area contributed by atoms with E-state index in [2.05, 4.69) is 19.7 Å². The molecule has 0 saturated carbocycles. The van der Waals surface area contributed by atoms with Gasteiger partial charge in [0.05, 0.1) is 0 Å². The fourth-order valence-corrected chi connectivity index (χ4v) is 4.32. The Morgan fingerprint density at radius 3 is 1.05 bits per heavy atom. The van der Waals surface area contributed by atoms with Crippen LogP contribution < -0.4 is 0 Å². The van der Waals surface area contributed by atoms with Crippen molar-refractivity contribution in [2.24, 2.45) is 0 Å². The number of carbonyl (C=O) groups is 3. The van der Waals surface area contributed by atoms with Crippen molar-refractivity contribution in [2.75, 3.05) is 0 Å². The number of rotatable bonds is 6. The van der Waals surface area contributed by atoms with E-state index >= 15 is 0 Å². The molecular formula is C12H15BiO6. The number of hydrogen-bond acceptors (Lipinski definition) is 6. The third-order valence-corrected chi connectivity index (χ3v) is 5.19. The molecule has 0 fully saturated rings. The first-order valence-electron chi connectivity index (χ1n) is 5.08. The van der Waals surface area contributed by atoms with Crippen LogP contribution in [0.15, 0.2) is 36.5 Å². The molecule has 0 bridgehead atoms. The average Bonchev–Trinajstić information content (AvgIpc) is 2.27. The van der Waals surface area contributed by atoms with Gasteiger partial charge in [0.25, 0.3) is 0 Å². The standard InChI is InChI=1S/3C4H6O2.Bi/c3*1-3(2)4(5)6;/h3*1H2,2H3,(H,5,6);/q;;;+3/p-3. The van der Waals surface area contributed by atoms with Crippen LogP contribution in [0.5, 0.6) is 0 Å². The Morgan fingerprint density at radius 2 is 0.895 bits per heavy atom. The monoisotopic (exact) mass is 464 g/mol. The van der Waals surface area contributed by atoms with Crippen LogP contribution in [0.1, 0.15) is 20.8 Å². The maximum absolute atomic E-state index is 11.4. The molecule has 0 unspecified atom stereocenters. The van der Waals surface area contributed by atoms with Crippen LogP contribution in [0.4, 0.5) is 0 Å². The van der Waals surface area contributed by atoms with Gasteiger partial charge < -0.3 is 0 Å². The minimum atomic E-state index is -4.01. The van der Waals surface area contributed by atoms with Gasteiger partial charge in [-0.25, -0.2) is 0 Å². The molecule has 104 valence electrons. The SMILES string of the molecule is C=C(C)C(=O)[O][Bi]([O]C(=O)C(=C)C)[O]C(=O)C(=C)C. The summed E-state index contributed by atoms with van der Waals surface area (Å²) in [5, 5.41) is 0. The molecule has 0 heterocycles. The first-order chi connectivity index (χ1) is 8.65. The summed E-state index contributed by atoms with van der Waals surface area (Å²) in [6, 6.07) is 0. The molecule has 0 spiro atoms. The molecule has 0 aliphatic carbocycles. The third-order valence-electron chi connectivity index (χ3n) is 1.52. The van der Waals surface area contributed by atoms with Crippen molar-refractivity contribution in [2.45, 2.75) is 20.8 Å². The van der Waals surface area contributed by atoms with Crippen LogP contribution in [0, 0.1) is 0 Å². The van der Waals surface area contributed by atoms with Crippen LogP contribution >= 0.6 is 0 Å². The summed E-state index contributed by atoms with van der Waals surface area (Å²) in [4.78, 5) is 34.1. The molecule has 0 rings (SSSR count). The van der Waals surface area contributed by atoms with Crippen molar-refractivity contribution in [1.29, 1.82) is 0 Å². The number of carbonyl (C=O) groups excluding carboxylic acids is 3. The van der Waals surface area contributed by atoms with Crippen LogP contribution in [0.2, 0.25) is 0 Å². The quantitative estimate of drug-likeness (QED) is 0.436. The summed E-state index contributed by atoms with van der Waals surface area (Å²) in [5.74, 6) is -2.33. The molecule has 6 nitrogen and oxygen atoms in total. The van der Waals surface area contributed by atoms with E-state index in [0.717, 1.165) is 0 Å². The van der Waals surface area contributed by atoms with Crippen LogP contribution in [0.25, 0.3) is 0 Å². The van der Waals surface area contributed by atoms with Crippen molar-refractivity contribution in [3.63, 3.8) is 0 Å². The van der Waals surface area contributed by atoms with Crippen molar-refractivity contribution < 1.29 is 22.8 Å². The van der Waals surface area contributed by atoms with Crippen molar-refractivity contribution in [3.05, 3.63) is 36.5 Å². The summed E-state index contributed by atoms with van der Waals surface area (Å²) >= 11 is -4.01. The second kappa shape index (κ2) is 7.84. The zero-order chi connectivity index (χ0) is 15.2. The second-order valence-electron chi connectivity index (χ2n) is 3.70. The van der Waals surface area contributed by atoms with Crippen molar-refractivity contribution in [1.82, 2.24) is 0 Å². The predicted octanol–water partition coefficient (Wildman–Crippen LogP) is 1.33. The van der Waals surface area contributed by atoms with E-state index in [9.17, 15) is 14.4 Å². The Balaban J connectivity index is 4.82. The molecule has 0 radical (unpaired) electrons. The fraction of sp³-hybridized carbons (Fsp3) is 0.250. The number of hydrogen-bond donors (Lipinski definition) is 0. The van der Waals surface area contributed by atoms with Crippen molar-refractivity contribution in [3.8, 4) is 0 Å². The van der Waals surface area contributed by atoms with E-state index in [1.165, 1.54) is 20.8 Å². The summed E-state index contributed by atoms with van der Waals surface area (Å²) in [6.07, 6.45) is 0. The molecule has 0 aromatic rings. The molecule has 0 amide bonds. The van der Waals surface area contributed by atoms with Gasteiger partial charge in [0.2, 0.25) is 0 Å². The van der Waals surface area contributed by atoms with Gasteiger partial charge in [-0.15, -0.1) is 0 Å². The van der Waals surface area contributed by atoms with Gasteiger partial charge in [-0.05, 0) is 0 Å². The molecule has 0 aromatic heterocycles. The Hall–Kier alpha value is -1.49. The van der Waals surface area contributed by atoms with E-state index < -0.39 is 41.0 Å². The van der Waals surface area contributed by atoms with Crippen molar-refractivity contribution >= 4 is 41.0 Å². The Bertz CT molecular complexity index is 385. The average molecular weight is 464 g/mol. The Labute approximate surface area is 121 Å². The van der Waals surface area contributed by atoms with E-state index in [1.807, 2.05) is 0 Å². The zero-order valence-electron chi connectivity index (χ0n) is 11.0. The van der Waals surface area contributed by atoms with Gasteiger partial charge in [0, 0.05) is 0 Å². The van der Waals surface area contributed by atoms with Gasteiger partial charge in [0.1, 0.15) is 0 Å². The van der Waals surface area contributed by atoms with E-state index in [4.69, 9.17) is 8.44 Å². The van der Waals surface area contributed by atoms with Gasteiger partial charge in [-0.3, -0.25) is 0 Å². The summed E-state index contributed by atoms with van der Waals surface area (Å²) in [5.41, 5.74) is 0.327. The van der Waals surface area contributed by atoms with Gasteiger partial charge in [-0.2, -0.15) is 0 Å². The van der Waals surface area contributed by atoms with E-state index in [-0.39, 0.29) is 16.7 Å². The summed E-state index contributed by atoms with van der Waals surface area (Å²) < 4.78 is 14.6. The molecule has 0 atom stereocenters. The topological polar surface area (TPSA) is 78.9 Å². The first kappa shape index (κ1) is 17.5. The van der Waals surface area contributed by atoms with Crippen LogP contribution in [-0.4, -0.2) is 41.0 Å². The van der Waals surface area contributed by atoms with Gasteiger partial charge in [0.15, 0.2) is 0 Å². The molecule has 0 aliphatic heterocycles. The maximum atomic E-state index is 11.4. The third kappa shape index (κ3) is 6.86. The van der Waals surface area contributed by atoms with E-state index in [1.54, 1.807) is 0 Å². The van der Waals surface area contributed by atoms with Gasteiger partial charge in [-0.1, -0.05) is 0 Å². The second-order valence-corrected chi connectivity index (χ2v) is 7.57. The van der Waals surface area contributed by atoms with Gasteiger partial charge >= 0.3 is 121 Å². The molecule has 19 heavy (non-hydrogen) atoms. The Morgan fingerprint density at radius 1 is 0.684 bits per heavy atom. The summed E-state index contributed by atoms with van der Waals surface area (Å²) in [6.45, 7) is 14.4. The molecule has 7 heteroatoms. The fourth-order valence-electron chi connectivity index (χ4n) is 0.493. The first-order valence-corrected chi connectivity index (χ1v) is 9.34. The van der Waals surface area contributed by atoms with E-state index in [0.29, 0.717) is 0 Å². The predicted molar refractivity (Wildman–Crippen MR) is 68.5 cm³/mol. The normalized spacial score (nSPS) is 9.47. The van der Waals surface area contributed by atoms with Crippen LogP contribution in [0.3, 0.4) is 0 Å². The molecule has 0 saturated heterocycles. The molecule has 0 aromatic carbocycles. The zero-order valence-corrected chi connectivity index (χ0v) is 14.5. The Kier molecular flexibility index (Phi) is 7.23. The molecular weight excluding hydrogens is 449 g/mol. The van der Waals surface area contributed by atoms with Crippen LogP contribution in [-0.2, 0) is 22.8 Å². The summed E-state index contributed by atoms with van der Waals surface area (Å²) in [7, 11) is 0. The molecule has 0 N–H and O–H groups in total. The minimum absolute atomic E-state index is 0.109. The molecule has 0 aliphatic rings.